The summed E-state index contributed by atoms with van der Waals surface area (Å²) in [5.41, 5.74) is 3.37. The maximum atomic E-state index is 13.2. The molecule has 0 aliphatic heterocycles. The molecule has 0 N–H and O–H groups in total. The number of hydrogen-bond donors (Lipinski definition) is 0. The molecule has 1 amide bonds. The lowest BCUT2D eigenvalue weighted by Crippen LogP contribution is -2.38. The Kier molecular flexibility index (Phi) is 5.17. The quantitative estimate of drug-likeness (QED) is 0.574. The van der Waals surface area contributed by atoms with Crippen LogP contribution < -0.4 is 0 Å². The minimum Gasteiger partial charge on any atom is -0.439 e. The van der Waals surface area contributed by atoms with Crippen LogP contribution in [-0.4, -0.2) is 21.8 Å². The standard InChI is InChI=1S/C22H23ClN2O2/c1-2-15-7-9-16(10-8-15)22(26)25(18-5-3-4-6-18)14-21-24-19-13-17(23)11-12-20(19)27-21/h7-13,18H,2-6,14H2,1H3. The molecule has 4 nitrogen and oxygen atoms in total. The van der Waals surface area contributed by atoms with Gasteiger partial charge in [0.25, 0.3) is 5.91 Å². The van der Waals surface area contributed by atoms with Gasteiger partial charge in [0.2, 0.25) is 5.89 Å². The molecule has 0 saturated heterocycles. The van der Waals surface area contributed by atoms with Crippen LogP contribution in [0.1, 0.15) is 54.4 Å². The summed E-state index contributed by atoms with van der Waals surface area (Å²) in [6.07, 6.45) is 5.35. The van der Waals surface area contributed by atoms with Crippen LogP contribution in [0.15, 0.2) is 46.9 Å². The molecule has 5 heteroatoms. The predicted octanol–water partition coefficient (Wildman–Crippen LogP) is 5.63. The van der Waals surface area contributed by atoms with Gasteiger partial charge in [-0.2, -0.15) is 0 Å². The summed E-state index contributed by atoms with van der Waals surface area (Å²) in [7, 11) is 0. The molecule has 27 heavy (non-hydrogen) atoms. The molecule has 0 atom stereocenters. The molecule has 4 rings (SSSR count). The predicted molar refractivity (Wildman–Crippen MR) is 107 cm³/mol. The molecule has 0 unspecified atom stereocenters. The molecule has 1 aromatic heterocycles. The molecular weight excluding hydrogens is 360 g/mol. The topological polar surface area (TPSA) is 46.3 Å². The number of aromatic nitrogens is 1. The SMILES string of the molecule is CCc1ccc(C(=O)N(Cc2nc3cc(Cl)ccc3o2)C2CCCC2)cc1. The Hall–Kier alpha value is -2.33. The Morgan fingerprint density at radius 1 is 1.19 bits per heavy atom. The highest BCUT2D eigenvalue weighted by Crippen LogP contribution is 2.28. The summed E-state index contributed by atoms with van der Waals surface area (Å²) in [5, 5.41) is 0.627. The molecule has 0 spiro atoms. The summed E-state index contributed by atoms with van der Waals surface area (Å²) < 4.78 is 5.87. The molecule has 3 aromatic rings. The van der Waals surface area contributed by atoms with E-state index in [1.54, 1.807) is 12.1 Å². The van der Waals surface area contributed by atoms with Gasteiger partial charge in [-0.05, 0) is 55.2 Å². The zero-order chi connectivity index (χ0) is 18.8. The first kappa shape index (κ1) is 18.1. The second-order valence-corrected chi connectivity index (χ2v) is 7.58. The molecule has 1 heterocycles. The van der Waals surface area contributed by atoms with Crippen molar-refractivity contribution in [2.24, 2.45) is 0 Å². The van der Waals surface area contributed by atoms with Crippen LogP contribution in [0.5, 0.6) is 0 Å². The van der Waals surface area contributed by atoms with Gasteiger partial charge in [0.05, 0.1) is 6.54 Å². The van der Waals surface area contributed by atoms with Gasteiger partial charge in [-0.3, -0.25) is 4.79 Å². The highest BCUT2D eigenvalue weighted by Gasteiger charge is 2.29. The number of carbonyl (C=O) groups excluding carboxylic acids is 1. The van der Waals surface area contributed by atoms with E-state index >= 15 is 0 Å². The van der Waals surface area contributed by atoms with E-state index in [-0.39, 0.29) is 11.9 Å². The molecule has 140 valence electrons. The van der Waals surface area contributed by atoms with E-state index in [0.717, 1.165) is 43.2 Å². The summed E-state index contributed by atoms with van der Waals surface area (Å²) in [5.74, 6) is 0.600. The third kappa shape index (κ3) is 3.86. The van der Waals surface area contributed by atoms with Gasteiger partial charge < -0.3 is 9.32 Å². The van der Waals surface area contributed by atoms with Crippen molar-refractivity contribution in [1.82, 2.24) is 9.88 Å². The third-order valence-electron chi connectivity index (χ3n) is 5.33. The Morgan fingerprint density at radius 3 is 2.63 bits per heavy atom. The first-order valence-electron chi connectivity index (χ1n) is 9.59. The first-order valence-corrected chi connectivity index (χ1v) is 9.96. The number of benzene rings is 2. The van der Waals surface area contributed by atoms with E-state index in [2.05, 4.69) is 11.9 Å². The molecular formula is C22H23ClN2O2. The number of amides is 1. The molecule has 1 fully saturated rings. The van der Waals surface area contributed by atoms with E-state index in [9.17, 15) is 4.79 Å². The second kappa shape index (κ2) is 7.73. The van der Waals surface area contributed by atoms with Crippen molar-refractivity contribution in [3.05, 3.63) is 64.5 Å². The monoisotopic (exact) mass is 382 g/mol. The largest absolute Gasteiger partial charge is 0.439 e. The average Bonchev–Trinajstić information content (AvgIpc) is 3.34. The van der Waals surface area contributed by atoms with Crippen molar-refractivity contribution in [3.63, 3.8) is 0 Å². The van der Waals surface area contributed by atoms with E-state index in [1.807, 2.05) is 35.2 Å². The number of fused-ring (bicyclic) bond motifs is 1. The lowest BCUT2D eigenvalue weighted by Gasteiger charge is -2.28. The lowest BCUT2D eigenvalue weighted by atomic mass is 10.1. The van der Waals surface area contributed by atoms with Gasteiger partial charge in [-0.25, -0.2) is 4.98 Å². The van der Waals surface area contributed by atoms with Crippen LogP contribution in [0.2, 0.25) is 5.02 Å². The first-order chi connectivity index (χ1) is 13.1. The maximum Gasteiger partial charge on any atom is 0.254 e. The Bertz CT molecular complexity index is 943. The molecule has 0 bridgehead atoms. The number of oxazole rings is 1. The van der Waals surface area contributed by atoms with Gasteiger partial charge in [-0.15, -0.1) is 0 Å². The van der Waals surface area contributed by atoms with Crippen LogP contribution in [0.4, 0.5) is 0 Å². The van der Waals surface area contributed by atoms with Gasteiger partial charge >= 0.3 is 0 Å². The Balaban J connectivity index is 1.62. The number of nitrogens with zero attached hydrogens (tertiary/aromatic N) is 2. The fraction of sp³-hybridized carbons (Fsp3) is 0.364. The summed E-state index contributed by atoms with van der Waals surface area (Å²) in [6, 6.07) is 13.5. The molecule has 1 saturated carbocycles. The zero-order valence-corrected chi connectivity index (χ0v) is 16.2. The lowest BCUT2D eigenvalue weighted by molar-refractivity contribution is 0.0646. The molecule has 2 aromatic carbocycles. The van der Waals surface area contributed by atoms with Gasteiger partial charge in [0.1, 0.15) is 5.52 Å². The summed E-state index contributed by atoms with van der Waals surface area (Å²) >= 11 is 6.05. The number of rotatable bonds is 5. The van der Waals surface area contributed by atoms with Crippen molar-refractivity contribution in [1.29, 1.82) is 0 Å². The second-order valence-electron chi connectivity index (χ2n) is 7.14. The van der Waals surface area contributed by atoms with Crippen LogP contribution in [0, 0.1) is 0 Å². The summed E-state index contributed by atoms with van der Waals surface area (Å²) in [6.45, 7) is 2.49. The van der Waals surface area contributed by atoms with E-state index in [1.165, 1.54) is 5.56 Å². The minimum absolute atomic E-state index is 0.0461. The summed E-state index contributed by atoms with van der Waals surface area (Å²) in [4.78, 5) is 19.7. The van der Waals surface area contributed by atoms with Gasteiger partial charge in [-0.1, -0.05) is 43.5 Å². The van der Waals surface area contributed by atoms with E-state index < -0.39 is 0 Å². The van der Waals surface area contributed by atoms with Gasteiger partial charge in [0, 0.05) is 16.6 Å². The number of halogens is 1. The normalized spacial score (nSPS) is 14.7. The van der Waals surface area contributed by atoms with Crippen LogP contribution in [0.25, 0.3) is 11.1 Å². The fourth-order valence-corrected chi connectivity index (χ4v) is 3.96. The van der Waals surface area contributed by atoms with Crippen molar-refractivity contribution in [2.75, 3.05) is 0 Å². The smallest absolute Gasteiger partial charge is 0.254 e. The molecule has 1 aliphatic carbocycles. The van der Waals surface area contributed by atoms with Crippen LogP contribution in [-0.2, 0) is 13.0 Å². The van der Waals surface area contributed by atoms with Gasteiger partial charge in [0.15, 0.2) is 5.58 Å². The number of aryl methyl sites for hydroxylation is 1. The number of carbonyl (C=O) groups is 1. The highest BCUT2D eigenvalue weighted by atomic mass is 35.5. The van der Waals surface area contributed by atoms with E-state index in [4.69, 9.17) is 16.0 Å². The minimum atomic E-state index is 0.0461. The van der Waals surface area contributed by atoms with E-state index in [0.29, 0.717) is 23.0 Å². The Labute approximate surface area is 164 Å². The van der Waals surface area contributed by atoms with Crippen molar-refractivity contribution in [2.45, 2.75) is 51.6 Å². The Morgan fingerprint density at radius 2 is 1.93 bits per heavy atom. The molecule has 1 aliphatic rings. The zero-order valence-electron chi connectivity index (χ0n) is 15.5. The van der Waals surface area contributed by atoms with Crippen LogP contribution >= 0.6 is 11.6 Å². The highest BCUT2D eigenvalue weighted by molar-refractivity contribution is 6.31. The van der Waals surface area contributed by atoms with Crippen molar-refractivity contribution >= 4 is 28.6 Å². The molecule has 0 radical (unpaired) electrons. The fourth-order valence-electron chi connectivity index (χ4n) is 3.79. The third-order valence-corrected chi connectivity index (χ3v) is 5.57. The maximum absolute atomic E-state index is 13.2. The van der Waals surface area contributed by atoms with Crippen molar-refractivity contribution < 1.29 is 9.21 Å². The number of hydrogen-bond acceptors (Lipinski definition) is 3. The van der Waals surface area contributed by atoms with Crippen LogP contribution in [0.3, 0.4) is 0 Å². The van der Waals surface area contributed by atoms with Crippen molar-refractivity contribution in [3.8, 4) is 0 Å². The average molecular weight is 383 g/mol.